The third kappa shape index (κ3) is 6.01. The van der Waals surface area contributed by atoms with Crippen LogP contribution in [0.25, 0.3) is 0 Å². The van der Waals surface area contributed by atoms with Gasteiger partial charge in [-0.25, -0.2) is 0 Å². The average Bonchev–Trinajstić information content (AvgIpc) is 2.77. The Morgan fingerprint density at radius 1 is 0.897 bits per heavy atom. The molecule has 5 nitrogen and oxygen atoms in total. The Morgan fingerprint density at radius 2 is 1.59 bits per heavy atom. The second-order valence-corrected chi connectivity index (χ2v) is 6.55. The molecule has 0 saturated heterocycles. The fourth-order valence-corrected chi connectivity index (χ4v) is 2.77. The van der Waals surface area contributed by atoms with Crippen LogP contribution in [-0.4, -0.2) is 19.1 Å². The van der Waals surface area contributed by atoms with Gasteiger partial charge in [-0.15, -0.1) is 0 Å². The average molecular weight is 391 g/mol. The van der Waals surface area contributed by atoms with Gasteiger partial charge < -0.3 is 19.5 Å². The quantitative estimate of drug-likeness (QED) is 0.589. The molecule has 5 heteroatoms. The lowest BCUT2D eigenvalue weighted by Gasteiger charge is -2.16. The summed E-state index contributed by atoms with van der Waals surface area (Å²) in [6, 6.07) is 24.9. The largest absolute Gasteiger partial charge is 0.493 e. The van der Waals surface area contributed by atoms with Crippen LogP contribution >= 0.6 is 0 Å². The van der Waals surface area contributed by atoms with Crippen LogP contribution in [0.15, 0.2) is 78.9 Å². The third-order valence-corrected chi connectivity index (χ3v) is 4.36. The highest BCUT2D eigenvalue weighted by Gasteiger charge is 2.14. The number of rotatable bonds is 9. The summed E-state index contributed by atoms with van der Waals surface area (Å²) in [7, 11) is 1.60. The highest BCUT2D eigenvalue weighted by molar-refractivity contribution is 5.80. The molecule has 0 spiro atoms. The molecule has 29 heavy (non-hydrogen) atoms. The van der Waals surface area contributed by atoms with E-state index in [9.17, 15) is 4.79 Å². The van der Waals surface area contributed by atoms with Crippen LogP contribution in [0.2, 0.25) is 0 Å². The van der Waals surface area contributed by atoms with Crippen molar-refractivity contribution < 1.29 is 19.0 Å². The molecule has 0 aliphatic heterocycles. The van der Waals surface area contributed by atoms with E-state index < -0.39 is 6.10 Å². The van der Waals surface area contributed by atoms with Crippen molar-refractivity contribution in [2.24, 2.45) is 0 Å². The zero-order valence-corrected chi connectivity index (χ0v) is 16.6. The van der Waals surface area contributed by atoms with Crippen molar-refractivity contribution in [3.63, 3.8) is 0 Å². The number of amides is 1. The first-order valence-corrected chi connectivity index (χ1v) is 9.49. The summed E-state index contributed by atoms with van der Waals surface area (Å²) in [4.78, 5) is 12.3. The summed E-state index contributed by atoms with van der Waals surface area (Å²) < 4.78 is 17.0. The lowest BCUT2D eigenvalue weighted by molar-refractivity contribution is -0.127. The molecule has 3 aromatic carbocycles. The van der Waals surface area contributed by atoms with E-state index in [1.807, 2.05) is 78.9 Å². The monoisotopic (exact) mass is 391 g/mol. The van der Waals surface area contributed by atoms with Crippen molar-refractivity contribution in [2.45, 2.75) is 26.2 Å². The predicted octanol–water partition coefficient (Wildman–Crippen LogP) is 4.36. The summed E-state index contributed by atoms with van der Waals surface area (Å²) >= 11 is 0. The van der Waals surface area contributed by atoms with Gasteiger partial charge in [-0.2, -0.15) is 0 Å². The SMILES string of the molecule is COc1cc(CNC(=O)C(C)Oc2ccccc2)ccc1OCc1ccccc1. The maximum atomic E-state index is 12.3. The van der Waals surface area contributed by atoms with Gasteiger partial charge in [-0.3, -0.25) is 4.79 Å². The smallest absolute Gasteiger partial charge is 0.261 e. The van der Waals surface area contributed by atoms with Crippen molar-refractivity contribution >= 4 is 5.91 Å². The van der Waals surface area contributed by atoms with E-state index in [-0.39, 0.29) is 5.91 Å². The van der Waals surface area contributed by atoms with Gasteiger partial charge in [0, 0.05) is 6.54 Å². The van der Waals surface area contributed by atoms with Crippen LogP contribution in [-0.2, 0) is 17.9 Å². The van der Waals surface area contributed by atoms with Crippen LogP contribution in [0.1, 0.15) is 18.1 Å². The number of carbonyl (C=O) groups excluding carboxylic acids is 1. The highest BCUT2D eigenvalue weighted by Crippen LogP contribution is 2.28. The van der Waals surface area contributed by atoms with Crippen LogP contribution in [0.3, 0.4) is 0 Å². The van der Waals surface area contributed by atoms with E-state index >= 15 is 0 Å². The number of benzene rings is 3. The molecular weight excluding hydrogens is 366 g/mol. The topological polar surface area (TPSA) is 56.8 Å². The fraction of sp³-hybridized carbons (Fsp3) is 0.208. The maximum Gasteiger partial charge on any atom is 0.261 e. The summed E-state index contributed by atoms with van der Waals surface area (Å²) in [5.74, 6) is 1.77. The second-order valence-electron chi connectivity index (χ2n) is 6.55. The maximum absolute atomic E-state index is 12.3. The molecule has 0 aliphatic carbocycles. The standard InChI is InChI=1S/C24H25NO4/c1-18(29-21-11-7-4-8-12-21)24(26)25-16-20-13-14-22(23(15-20)27-2)28-17-19-9-5-3-6-10-19/h3-15,18H,16-17H2,1-2H3,(H,25,26). The van der Waals surface area contributed by atoms with E-state index in [1.165, 1.54) is 0 Å². The molecule has 0 heterocycles. The second kappa shape index (κ2) is 10.2. The van der Waals surface area contributed by atoms with Crippen molar-refractivity contribution in [3.05, 3.63) is 90.0 Å². The van der Waals surface area contributed by atoms with Crippen LogP contribution < -0.4 is 19.5 Å². The Morgan fingerprint density at radius 3 is 2.28 bits per heavy atom. The molecule has 3 rings (SSSR count). The molecule has 1 N–H and O–H groups in total. The molecule has 1 amide bonds. The lowest BCUT2D eigenvalue weighted by Crippen LogP contribution is -2.35. The molecule has 0 fully saturated rings. The molecule has 150 valence electrons. The van der Waals surface area contributed by atoms with Crippen molar-refractivity contribution in [2.75, 3.05) is 7.11 Å². The molecule has 0 bridgehead atoms. The van der Waals surface area contributed by atoms with E-state index in [2.05, 4.69) is 5.32 Å². The molecule has 0 aliphatic rings. The number of nitrogens with one attached hydrogen (secondary N) is 1. The summed E-state index contributed by atoms with van der Waals surface area (Å²) in [6.07, 6.45) is -0.590. The van der Waals surface area contributed by atoms with Gasteiger partial charge in [0.05, 0.1) is 7.11 Å². The zero-order chi connectivity index (χ0) is 20.5. The fourth-order valence-electron chi connectivity index (χ4n) is 2.77. The summed E-state index contributed by atoms with van der Waals surface area (Å²) in [6.45, 7) is 2.56. The Balaban J connectivity index is 1.54. The Hall–Kier alpha value is -3.47. The third-order valence-electron chi connectivity index (χ3n) is 4.36. The number of ether oxygens (including phenoxy) is 3. The first-order valence-electron chi connectivity index (χ1n) is 9.49. The van der Waals surface area contributed by atoms with Gasteiger partial charge in [-0.05, 0) is 42.3 Å². The molecule has 0 aromatic heterocycles. The van der Waals surface area contributed by atoms with Crippen molar-refractivity contribution in [3.8, 4) is 17.2 Å². The van der Waals surface area contributed by atoms with E-state index in [0.29, 0.717) is 30.4 Å². The summed E-state index contributed by atoms with van der Waals surface area (Å²) in [5.41, 5.74) is 1.99. The molecule has 1 atom stereocenters. The number of para-hydroxylation sites is 1. The van der Waals surface area contributed by atoms with Crippen LogP contribution in [0.5, 0.6) is 17.2 Å². The number of methoxy groups -OCH3 is 1. The van der Waals surface area contributed by atoms with Crippen molar-refractivity contribution in [1.82, 2.24) is 5.32 Å². The van der Waals surface area contributed by atoms with Gasteiger partial charge >= 0.3 is 0 Å². The molecular formula is C24H25NO4. The first kappa shape index (κ1) is 20.3. The molecule has 3 aromatic rings. The molecule has 0 radical (unpaired) electrons. The van der Waals surface area contributed by atoms with Gasteiger partial charge in [0.25, 0.3) is 5.91 Å². The zero-order valence-electron chi connectivity index (χ0n) is 16.6. The Kier molecular flexibility index (Phi) is 7.11. The molecule has 0 saturated carbocycles. The summed E-state index contributed by atoms with van der Waals surface area (Å²) in [5, 5.41) is 2.89. The Labute approximate surface area is 171 Å². The van der Waals surface area contributed by atoms with E-state index in [0.717, 1.165) is 11.1 Å². The van der Waals surface area contributed by atoms with E-state index in [1.54, 1.807) is 14.0 Å². The lowest BCUT2D eigenvalue weighted by atomic mass is 10.2. The number of carbonyl (C=O) groups is 1. The minimum atomic E-state index is -0.590. The van der Waals surface area contributed by atoms with Crippen LogP contribution in [0.4, 0.5) is 0 Å². The number of hydrogen-bond acceptors (Lipinski definition) is 4. The van der Waals surface area contributed by atoms with Gasteiger partial charge in [0.1, 0.15) is 12.4 Å². The predicted molar refractivity (Wildman–Crippen MR) is 112 cm³/mol. The first-order chi connectivity index (χ1) is 14.2. The minimum Gasteiger partial charge on any atom is -0.493 e. The Bertz CT molecular complexity index is 913. The highest BCUT2D eigenvalue weighted by atomic mass is 16.5. The van der Waals surface area contributed by atoms with Gasteiger partial charge in [0.2, 0.25) is 0 Å². The van der Waals surface area contributed by atoms with Gasteiger partial charge in [-0.1, -0.05) is 54.6 Å². The van der Waals surface area contributed by atoms with E-state index in [4.69, 9.17) is 14.2 Å². The number of hydrogen-bond donors (Lipinski definition) is 1. The normalized spacial score (nSPS) is 11.4. The minimum absolute atomic E-state index is 0.183. The van der Waals surface area contributed by atoms with Gasteiger partial charge in [0.15, 0.2) is 17.6 Å². The molecule has 1 unspecified atom stereocenters. The van der Waals surface area contributed by atoms with Crippen LogP contribution in [0, 0.1) is 0 Å². The van der Waals surface area contributed by atoms with Crippen molar-refractivity contribution in [1.29, 1.82) is 0 Å².